The molecule has 1 atom stereocenters. The maximum Gasteiger partial charge on any atom is 0.333 e. The van der Waals surface area contributed by atoms with Crippen LogP contribution in [0, 0.1) is 0 Å². The molecule has 0 aliphatic carbocycles. The molecule has 1 rings (SSSR count). The van der Waals surface area contributed by atoms with Crippen molar-refractivity contribution in [3.05, 3.63) is 34.3 Å². The lowest BCUT2D eigenvalue weighted by Crippen LogP contribution is -2.36. The Bertz CT molecular complexity index is 447. The summed E-state index contributed by atoms with van der Waals surface area (Å²) < 4.78 is 10.8. The van der Waals surface area contributed by atoms with E-state index in [0.717, 1.165) is 10.9 Å². The van der Waals surface area contributed by atoms with Crippen LogP contribution >= 0.6 is 15.9 Å². The maximum absolute atomic E-state index is 11.8. The van der Waals surface area contributed by atoms with Crippen molar-refractivity contribution in [2.45, 2.75) is 19.4 Å². The molecule has 1 aromatic rings. The Morgan fingerprint density at radius 2 is 1.95 bits per heavy atom. The van der Waals surface area contributed by atoms with E-state index in [2.05, 4.69) is 21.2 Å². The van der Waals surface area contributed by atoms with E-state index < -0.39 is 12.0 Å². The molecular weight excluding hydrogens is 326 g/mol. The molecule has 0 radical (unpaired) electrons. The Labute approximate surface area is 126 Å². The number of hydrogen-bond donors (Lipinski definition) is 1. The highest BCUT2D eigenvalue weighted by molar-refractivity contribution is 9.10. The molecule has 1 aromatic carbocycles. The standard InChI is InChI=1S/C14H18BrNO4/c1-3-8-20-9-12(17)16-13(14(18)19-2)10-4-6-11(15)7-5-10/h4-7,13H,3,8-9H2,1-2H3,(H,16,17). The van der Waals surface area contributed by atoms with E-state index in [1.54, 1.807) is 24.3 Å². The molecule has 5 nitrogen and oxygen atoms in total. The number of hydrogen-bond acceptors (Lipinski definition) is 4. The Kier molecular flexibility index (Phi) is 7.25. The van der Waals surface area contributed by atoms with Crippen LogP contribution in [0.3, 0.4) is 0 Å². The predicted molar refractivity (Wildman–Crippen MR) is 78.2 cm³/mol. The van der Waals surface area contributed by atoms with Crippen molar-refractivity contribution in [2.75, 3.05) is 20.3 Å². The monoisotopic (exact) mass is 343 g/mol. The largest absolute Gasteiger partial charge is 0.467 e. The van der Waals surface area contributed by atoms with Crippen LogP contribution in [-0.2, 0) is 19.1 Å². The number of nitrogens with one attached hydrogen (secondary N) is 1. The molecule has 0 saturated heterocycles. The molecule has 20 heavy (non-hydrogen) atoms. The smallest absolute Gasteiger partial charge is 0.333 e. The van der Waals surface area contributed by atoms with Gasteiger partial charge in [0.1, 0.15) is 6.61 Å². The average Bonchev–Trinajstić information content (AvgIpc) is 2.45. The molecule has 0 fully saturated rings. The van der Waals surface area contributed by atoms with E-state index in [1.807, 2.05) is 6.92 Å². The quantitative estimate of drug-likeness (QED) is 0.608. The van der Waals surface area contributed by atoms with E-state index in [-0.39, 0.29) is 12.5 Å². The minimum atomic E-state index is -0.828. The zero-order valence-corrected chi connectivity index (χ0v) is 13.1. The molecule has 1 N–H and O–H groups in total. The normalized spacial score (nSPS) is 11.8. The van der Waals surface area contributed by atoms with E-state index in [9.17, 15) is 9.59 Å². The van der Waals surface area contributed by atoms with E-state index in [1.165, 1.54) is 7.11 Å². The van der Waals surface area contributed by atoms with Gasteiger partial charge in [0.15, 0.2) is 6.04 Å². The van der Waals surface area contributed by atoms with Crippen molar-refractivity contribution < 1.29 is 19.1 Å². The first kappa shape index (κ1) is 16.7. The van der Waals surface area contributed by atoms with Crippen LogP contribution < -0.4 is 5.32 Å². The summed E-state index contributed by atoms with van der Waals surface area (Å²) in [5, 5.41) is 2.61. The van der Waals surface area contributed by atoms with Crippen LogP contribution in [0.1, 0.15) is 24.9 Å². The zero-order chi connectivity index (χ0) is 15.0. The SMILES string of the molecule is CCCOCC(=O)NC(C(=O)OC)c1ccc(Br)cc1. The summed E-state index contributed by atoms with van der Waals surface area (Å²) in [4.78, 5) is 23.5. The second-order valence-electron chi connectivity index (χ2n) is 4.13. The molecule has 6 heteroatoms. The van der Waals surface area contributed by atoms with Gasteiger partial charge in [-0.2, -0.15) is 0 Å². The number of esters is 1. The van der Waals surface area contributed by atoms with Crippen molar-refractivity contribution in [3.8, 4) is 0 Å². The first-order chi connectivity index (χ1) is 9.58. The molecule has 0 saturated carbocycles. The average molecular weight is 344 g/mol. The Balaban J connectivity index is 2.72. The minimum Gasteiger partial charge on any atom is -0.467 e. The molecule has 0 bridgehead atoms. The molecule has 1 unspecified atom stereocenters. The Hall–Kier alpha value is -1.40. The van der Waals surface area contributed by atoms with Crippen molar-refractivity contribution in [3.63, 3.8) is 0 Å². The summed E-state index contributed by atoms with van der Waals surface area (Å²) in [6, 6.07) is 6.26. The zero-order valence-electron chi connectivity index (χ0n) is 11.5. The number of benzene rings is 1. The first-order valence-corrected chi connectivity index (χ1v) is 7.08. The molecule has 0 aromatic heterocycles. The number of carbonyl (C=O) groups excluding carboxylic acids is 2. The highest BCUT2D eigenvalue weighted by Crippen LogP contribution is 2.18. The first-order valence-electron chi connectivity index (χ1n) is 6.29. The molecule has 0 heterocycles. The third kappa shape index (κ3) is 5.30. The van der Waals surface area contributed by atoms with Crippen molar-refractivity contribution >= 4 is 27.8 Å². The van der Waals surface area contributed by atoms with Crippen LogP contribution in [0.15, 0.2) is 28.7 Å². The molecule has 0 spiro atoms. The predicted octanol–water partition coefficient (Wildman–Crippen LogP) is 2.21. The van der Waals surface area contributed by atoms with Crippen molar-refractivity contribution in [2.24, 2.45) is 0 Å². The topological polar surface area (TPSA) is 64.6 Å². The minimum absolute atomic E-state index is 0.0716. The number of amides is 1. The maximum atomic E-state index is 11.8. The third-order valence-corrected chi connectivity index (χ3v) is 3.06. The molecular formula is C14H18BrNO4. The van der Waals surface area contributed by atoms with Gasteiger partial charge >= 0.3 is 5.97 Å². The van der Waals surface area contributed by atoms with Gasteiger partial charge in [-0.05, 0) is 24.1 Å². The lowest BCUT2D eigenvalue weighted by Gasteiger charge is -2.17. The number of carbonyl (C=O) groups is 2. The van der Waals surface area contributed by atoms with E-state index in [4.69, 9.17) is 9.47 Å². The fraction of sp³-hybridized carbons (Fsp3) is 0.429. The summed E-state index contributed by atoms with van der Waals surface area (Å²) in [5.41, 5.74) is 0.656. The van der Waals surface area contributed by atoms with E-state index in [0.29, 0.717) is 12.2 Å². The second kappa shape index (κ2) is 8.71. The van der Waals surface area contributed by atoms with E-state index >= 15 is 0 Å². The molecule has 1 amide bonds. The van der Waals surface area contributed by atoms with Gasteiger partial charge in [-0.25, -0.2) is 4.79 Å². The van der Waals surface area contributed by atoms with Crippen LogP contribution in [0.2, 0.25) is 0 Å². The number of rotatable bonds is 7. The summed E-state index contributed by atoms with van der Waals surface area (Å²) in [6.45, 7) is 2.39. The van der Waals surface area contributed by atoms with Crippen molar-refractivity contribution in [1.82, 2.24) is 5.32 Å². The van der Waals surface area contributed by atoms with Gasteiger partial charge in [0.05, 0.1) is 7.11 Å². The van der Waals surface area contributed by atoms with Gasteiger partial charge in [-0.3, -0.25) is 4.79 Å². The molecule has 110 valence electrons. The van der Waals surface area contributed by atoms with Gasteiger partial charge in [-0.1, -0.05) is 35.0 Å². The third-order valence-electron chi connectivity index (χ3n) is 2.53. The highest BCUT2D eigenvalue weighted by atomic mass is 79.9. The fourth-order valence-corrected chi connectivity index (χ4v) is 1.83. The number of halogens is 1. The second-order valence-corrected chi connectivity index (χ2v) is 5.04. The number of ether oxygens (including phenoxy) is 2. The fourth-order valence-electron chi connectivity index (χ4n) is 1.56. The Morgan fingerprint density at radius 3 is 2.50 bits per heavy atom. The Morgan fingerprint density at radius 1 is 1.30 bits per heavy atom. The van der Waals surface area contributed by atoms with Crippen LogP contribution in [0.4, 0.5) is 0 Å². The van der Waals surface area contributed by atoms with Gasteiger partial charge in [0, 0.05) is 11.1 Å². The van der Waals surface area contributed by atoms with Crippen molar-refractivity contribution in [1.29, 1.82) is 0 Å². The van der Waals surface area contributed by atoms with Gasteiger partial charge in [0.2, 0.25) is 5.91 Å². The highest BCUT2D eigenvalue weighted by Gasteiger charge is 2.23. The molecule has 0 aliphatic heterocycles. The van der Waals surface area contributed by atoms with Crippen LogP contribution in [-0.4, -0.2) is 32.2 Å². The van der Waals surface area contributed by atoms with Crippen LogP contribution in [0.5, 0.6) is 0 Å². The van der Waals surface area contributed by atoms with Gasteiger partial charge in [-0.15, -0.1) is 0 Å². The summed E-state index contributed by atoms with van der Waals surface area (Å²) in [5.74, 6) is -0.868. The lowest BCUT2D eigenvalue weighted by molar-refractivity contribution is -0.145. The summed E-state index contributed by atoms with van der Waals surface area (Å²) >= 11 is 3.32. The number of methoxy groups -OCH3 is 1. The lowest BCUT2D eigenvalue weighted by atomic mass is 10.1. The molecule has 0 aliphatic rings. The van der Waals surface area contributed by atoms with Gasteiger partial charge < -0.3 is 14.8 Å². The summed E-state index contributed by atoms with van der Waals surface area (Å²) in [6.07, 6.45) is 0.834. The summed E-state index contributed by atoms with van der Waals surface area (Å²) in [7, 11) is 1.29. The van der Waals surface area contributed by atoms with Crippen LogP contribution in [0.25, 0.3) is 0 Å². The van der Waals surface area contributed by atoms with Gasteiger partial charge in [0.25, 0.3) is 0 Å².